The average molecular weight is 374 g/mol. The second-order valence-corrected chi connectivity index (χ2v) is 6.26. The van der Waals surface area contributed by atoms with Crippen LogP contribution < -0.4 is 14.2 Å². The first-order valence-corrected chi connectivity index (χ1v) is 8.70. The molecule has 1 aromatic rings. The second kappa shape index (κ2) is 9.78. The van der Waals surface area contributed by atoms with Gasteiger partial charge in [-0.3, -0.25) is 14.5 Å². The van der Waals surface area contributed by atoms with Gasteiger partial charge in [0, 0.05) is 19.2 Å². The third-order valence-corrected chi connectivity index (χ3v) is 3.99. The minimum atomic E-state index is -0.353. The van der Waals surface area contributed by atoms with Crippen molar-refractivity contribution in [1.29, 1.82) is 0 Å². The zero-order chi connectivity index (χ0) is 19.8. The lowest BCUT2D eigenvalue weighted by Crippen LogP contribution is -2.37. The average Bonchev–Trinajstić information content (AvgIpc) is 2.65. The molecule has 2 amide bonds. The molecule has 1 aliphatic rings. The quantitative estimate of drug-likeness (QED) is 0.648. The molecule has 0 aliphatic carbocycles. The third kappa shape index (κ3) is 5.59. The molecule has 1 heterocycles. The molecule has 0 fully saturated rings. The first-order valence-electron chi connectivity index (χ1n) is 8.70. The molecule has 0 radical (unpaired) electrons. The minimum absolute atomic E-state index is 0.295. The lowest BCUT2D eigenvalue weighted by atomic mass is 10.1. The summed E-state index contributed by atoms with van der Waals surface area (Å²) < 4.78 is 16.6. The summed E-state index contributed by atoms with van der Waals surface area (Å²) in [6.07, 6.45) is 6.87. The topological polar surface area (TPSA) is 68.3 Å². The molecule has 7 nitrogen and oxygen atoms in total. The van der Waals surface area contributed by atoms with E-state index >= 15 is 0 Å². The fourth-order valence-corrected chi connectivity index (χ4v) is 2.56. The van der Waals surface area contributed by atoms with E-state index in [1.807, 2.05) is 19.0 Å². The number of hydrogen-bond acceptors (Lipinski definition) is 6. The number of nitrogens with zero attached hydrogens (tertiary/aromatic N) is 2. The Morgan fingerprint density at radius 1 is 1.22 bits per heavy atom. The molecule has 0 N–H and O–H groups in total. The van der Waals surface area contributed by atoms with Crippen LogP contribution in [0, 0.1) is 0 Å². The minimum Gasteiger partial charge on any atom is -0.493 e. The number of hydrogen-bond donors (Lipinski definition) is 0. The summed E-state index contributed by atoms with van der Waals surface area (Å²) in [5, 5.41) is 0. The predicted molar refractivity (Wildman–Crippen MR) is 103 cm³/mol. The van der Waals surface area contributed by atoms with Gasteiger partial charge in [-0.15, -0.1) is 0 Å². The molecule has 1 aromatic carbocycles. The monoisotopic (exact) mass is 374 g/mol. The summed E-state index contributed by atoms with van der Waals surface area (Å²) in [4.78, 5) is 27.3. The molecule has 2 rings (SSSR count). The van der Waals surface area contributed by atoms with Gasteiger partial charge in [0.25, 0.3) is 11.8 Å². The molecule has 0 spiro atoms. The van der Waals surface area contributed by atoms with Gasteiger partial charge in [-0.25, -0.2) is 0 Å². The summed E-state index contributed by atoms with van der Waals surface area (Å²) in [6, 6.07) is 3.53. The molecule has 0 unspecified atom stereocenters. The number of amides is 2. The maximum absolute atomic E-state index is 12.3. The van der Waals surface area contributed by atoms with E-state index in [0.29, 0.717) is 42.4 Å². The lowest BCUT2D eigenvalue weighted by Gasteiger charge is -2.19. The Kier molecular flexibility index (Phi) is 7.43. The Bertz CT molecular complexity index is 740. The van der Waals surface area contributed by atoms with Crippen molar-refractivity contribution in [1.82, 2.24) is 9.80 Å². The smallest absolute Gasteiger partial charge is 0.253 e. The van der Waals surface area contributed by atoms with Crippen molar-refractivity contribution in [3.05, 3.63) is 35.9 Å². The standard InChI is InChI=1S/C20H26N2O5/c1-21(2)11-12-27-17-14-15(13-16(25-3)20(17)26-4)8-9-19(24)22-10-6-5-7-18(22)23/h5,7-9,13-14H,6,10-12H2,1-4H3/b9-8+. The Morgan fingerprint density at radius 2 is 1.96 bits per heavy atom. The van der Waals surface area contributed by atoms with Crippen molar-refractivity contribution in [3.8, 4) is 17.2 Å². The molecule has 0 aromatic heterocycles. The van der Waals surface area contributed by atoms with Gasteiger partial charge in [0.2, 0.25) is 5.75 Å². The predicted octanol–water partition coefficient (Wildman–Crippen LogP) is 1.97. The highest BCUT2D eigenvalue weighted by Gasteiger charge is 2.19. The van der Waals surface area contributed by atoms with Crippen LogP contribution in [0.3, 0.4) is 0 Å². The van der Waals surface area contributed by atoms with Crippen molar-refractivity contribution >= 4 is 17.9 Å². The van der Waals surface area contributed by atoms with E-state index < -0.39 is 0 Å². The molecule has 146 valence electrons. The summed E-state index contributed by atoms with van der Waals surface area (Å²) in [7, 11) is 7.01. The van der Waals surface area contributed by atoms with E-state index in [9.17, 15) is 9.59 Å². The molecule has 0 saturated carbocycles. The van der Waals surface area contributed by atoms with E-state index in [1.165, 1.54) is 17.1 Å². The maximum Gasteiger partial charge on any atom is 0.253 e. The molecule has 1 aliphatic heterocycles. The van der Waals surface area contributed by atoms with E-state index in [4.69, 9.17) is 14.2 Å². The molecular formula is C20H26N2O5. The van der Waals surface area contributed by atoms with Gasteiger partial charge < -0.3 is 19.1 Å². The van der Waals surface area contributed by atoms with Gasteiger partial charge in [-0.05, 0) is 50.4 Å². The van der Waals surface area contributed by atoms with Crippen LogP contribution in [0.1, 0.15) is 12.0 Å². The van der Waals surface area contributed by atoms with Crippen molar-refractivity contribution in [2.75, 3.05) is 48.0 Å². The largest absolute Gasteiger partial charge is 0.493 e. The van der Waals surface area contributed by atoms with Gasteiger partial charge in [-0.2, -0.15) is 0 Å². The zero-order valence-electron chi connectivity index (χ0n) is 16.2. The van der Waals surface area contributed by atoms with E-state index in [-0.39, 0.29) is 11.8 Å². The summed E-state index contributed by atoms with van der Waals surface area (Å²) in [6.45, 7) is 1.62. The van der Waals surface area contributed by atoms with Crippen LogP contribution in [0.15, 0.2) is 30.4 Å². The molecule has 7 heteroatoms. The van der Waals surface area contributed by atoms with Crippen LogP contribution in [0.25, 0.3) is 6.08 Å². The van der Waals surface area contributed by atoms with Crippen molar-refractivity contribution in [2.24, 2.45) is 0 Å². The number of benzene rings is 1. The zero-order valence-corrected chi connectivity index (χ0v) is 16.2. The highest BCUT2D eigenvalue weighted by Crippen LogP contribution is 2.38. The molecular weight excluding hydrogens is 348 g/mol. The van der Waals surface area contributed by atoms with Gasteiger partial charge in [0.15, 0.2) is 11.5 Å². The highest BCUT2D eigenvalue weighted by molar-refractivity contribution is 6.06. The number of likely N-dealkylation sites (N-methyl/N-ethyl adjacent to an activating group) is 1. The Labute approximate surface area is 159 Å². The van der Waals surface area contributed by atoms with Crippen LogP contribution in [-0.2, 0) is 9.59 Å². The Balaban J connectivity index is 2.21. The number of methoxy groups -OCH3 is 2. The first kappa shape index (κ1) is 20.5. The van der Waals surface area contributed by atoms with Crippen LogP contribution >= 0.6 is 0 Å². The number of imide groups is 1. The Hall–Kier alpha value is -2.80. The van der Waals surface area contributed by atoms with E-state index in [1.54, 1.807) is 38.5 Å². The molecule has 0 bridgehead atoms. The maximum atomic E-state index is 12.3. The van der Waals surface area contributed by atoms with Crippen LogP contribution in [0.5, 0.6) is 17.2 Å². The van der Waals surface area contributed by atoms with Gasteiger partial charge >= 0.3 is 0 Å². The number of carbonyl (C=O) groups is 2. The lowest BCUT2D eigenvalue weighted by molar-refractivity contribution is -0.139. The van der Waals surface area contributed by atoms with E-state index in [0.717, 1.165) is 6.54 Å². The van der Waals surface area contributed by atoms with Crippen LogP contribution in [-0.4, -0.2) is 69.6 Å². The van der Waals surface area contributed by atoms with Crippen molar-refractivity contribution in [3.63, 3.8) is 0 Å². The fraction of sp³-hybridized carbons (Fsp3) is 0.400. The van der Waals surface area contributed by atoms with Crippen LogP contribution in [0.4, 0.5) is 0 Å². The highest BCUT2D eigenvalue weighted by atomic mass is 16.5. The van der Waals surface area contributed by atoms with E-state index in [2.05, 4.69) is 0 Å². The molecule has 27 heavy (non-hydrogen) atoms. The van der Waals surface area contributed by atoms with Crippen LogP contribution in [0.2, 0.25) is 0 Å². The summed E-state index contributed by atoms with van der Waals surface area (Å²) in [5.41, 5.74) is 0.709. The number of rotatable bonds is 8. The van der Waals surface area contributed by atoms with Gasteiger partial charge in [-0.1, -0.05) is 6.08 Å². The van der Waals surface area contributed by atoms with Crippen molar-refractivity contribution in [2.45, 2.75) is 6.42 Å². The first-order chi connectivity index (χ1) is 13.0. The number of ether oxygens (including phenoxy) is 3. The summed E-state index contributed by atoms with van der Waals surface area (Å²) >= 11 is 0. The second-order valence-electron chi connectivity index (χ2n) is 6.26. The SMILES string of the molecule is COc1cc(/C=C/C(=O)N2CCC=CC2=O)cc(OCCN(C)C)c1OC. The van der Waals surface area contributed by atoms with Gasteiger partial charge in [0.1, 0.15) is 6.61 Å². The molecule has 0 saturated heterocycles. The third-order valence-electron chi connectivity index (χ3n) is 3.99. The number of carbonyl (C=O) groups excluding carboxylic acids is 2. The summed E-state index contributed by atoms with van der Waals surface area (Å²) in [5.74, 6) is 0.882. The van der Waals surface area contributed by atoms with Crippen molar-refractivity contribution < 1.29 is 23.8 Å². The normalized spacial score (nSPS) is 14.1. The molecule has 0 atom stereocenters. The van der Waals surface area contributed by atoms with Gasteiger partial charge in [0.05, 0.1) is 14.2 Å². The Morgan fingerprint density at radius 3 is 2.59 bits per heavy atom. The fourth-order valence-electron chi connectivity index (χ4n) is 2.56.